The molecule has 9 atom stereocenters. The summed E-state index contributed by atoms with van der Waals surface area (Å²) in [6.07, 6.45) is -3.36. The highest BCUT2D eigenvalue weighted by Gasteiger charge is 2.85. The van der Waals surface area contributed by atoms with Gasteiger partial charge in [-0.3, -0.25) is 28.8 Å². The normalized spacial score (nSPS) is 40.4. The number of hydrogen-bond donors (Lipinski definition) is 0. The molecule has 0 aromatic carbocycles. The van der Waals surface area contributed by atoms with Crippen LogP contribution < -0.4 is 0 Å². The lowest BCUT2D eigenvalue weighted by Crippen LogP contribution is -2.76. The standard InChI is InChI=1S/C30H40O11/c1-14-25(36)30-23(39-17(4)33)12-21-27(7,8)11-10-22(38-16(3)32)28(21,9)24(30)20(37-15(2)31)13-29(14,41-19(6)35)26(30)40-18(5)34/h20-24,26H,1,10-13H2,2-9H3/t20-,21+,22+,23+,24-,26-,28-,29+,30+/m0/s1. The van der Waals surface area contributed by atoms with Crippen LogP contribution in [0.5, 0.6) is 0 Å². The molecular formula is C30H40O11. The molecule has 0 unspecified atom stereocenters. The van der Waals surface area contributed by atoms with Crippen LogP contribution in [-0.4, -0.2) is 65.6 Å². The Hall–Kier alpha value is -3.24. The molecule has 0 heterocycles. The molecule has 4 saturated carbocycles. The highest BCUT2D eigenvalue weighted by atomic mass is 16.6. The Kier molecular flexibility index (Phi) is 7.45. The molecule has 0 aliphatic heterocycles. The largest absolute Gasteiger partial charge is 0.462 e. The number of hydrogen-bond acceptors (Lipinski definition) is 11. The highest BCUT2D eigenvalue weighted by Crippen LogP contribution is 2.74. The number of ketones is 1. The van der Waals surface area contributed by atoms with E-state index in [1.54, 1.807) is 0 Å². The number of esters is 5. The summed E-state index contributed by atoms with van der Waals surface area (Å²) in [7, 11) is 0. The van der Waals surface area contributed by atoms with Gasteiger partial charge in [-0.2, -0.15) is 0 Å². The Balaban J connectivity index is 2.13. The van der Waals surface area contributed by atoms with Gasteiger partial charge in [-0.15, -0.1) is 0 Å². The summed E-state index contributed by atoms with van der Waals surface area (Å²) in [5, 5.41) is 0. The third-order valence-electron chi connectivity index (χ3n) is 10.1. The van der Waals surface area contributed by atoms with Crippen molar-refractivity contribution in [1.29, 1.82) is 0 Å². The molecule has 0 amide bonds. The van der Waals surface area contributed by atoms with Crippen LogP contribution in [0.2, 0.25) is 0 Å². The summed E-state index contributed by atoms with van der Waals surface area (Å²) in [5.41, 5.74) is -5.30. The minimum Gasteiger partial charge on any atom is -0.462 e. The highest BCUT2D eigenvalue weighted by molar-refractivity contribution is 6.07. The maximum atomic E-state index is 14.7. The minimum absolute atomic E-state index is 0.142. The summed E-state index contributed by atoms with van der Waals surface area (Å²) >= 11 is 0. The average molecular weight is 577 g/mol. The van der Waals surface area contributed by atoms with E-state index >= 15 is 0 Å². The van der Waals surface area contributed by atoms with Gasteiger partial charge in [0.2, 0.25) is 0 Å². The molecule has 0 aromatic heterocycles. The maximum Gasteiger partial charge on any atom is 0.303 e. The molecule has 0 aromatic rings. The predicted octanol–water partition coefficient (Wildman–Crippen LogP) is 3.01. The second-order valence-electron chi connectivity index (χ2n) is 12.9. The van der Waals surface area contributed by atoms with Crippen molar-refractivity contribution in [2.24, 2.45) is 28.1 Å². The molecule has 4 aliphatic rings. The smallest absolute Gasteiger partial charge is 0.303 e. The van der Waals surface area contributed by atoms with Crippen molar-refractivity contribution in [3.05, 3.63) is 12.2 Å². The molecule has 41 heavy (non-hydrogen) atoms. The summed E-state index contributed by atoms with van der Waals surface area (Å²) < 4.78 is 29.5. The zero-order chi connectivity index (χ0) is 30.9. The Bertz CT molecular complexity index is 1220. The van der Waals surface area contributed by atoms with Crippen LogP contribution >= 0.6 is 0 Å². The number of carbonyl (C=O) groups excluding carboxylic acids is 6. The van der Waals surface area contributed by atoms with Crippen LogP contribution in [0.15, 0.2) is 12.2 Å². The predicted molar refractivity (Wildman–Crippen MR) is 141 cm³/mol. The summed E-state index contributed by atoms with van der Waals surface area (Å²) in [6, 6.07) is 0. The van der Waals surface area contributed by atoms with Crippen molar-refractivity contribution in [2.75, 3.05) is 0 Å². The molecule has 4 aliphatic carbocycles. The van der Waals surface area contributed by atoms with Crippen molar-refractivity contribution < 1.29 is 52.5 Å². The van der Waals surface area contributed by atoms with E-state index in [0.29, 0.717) is 12.8 Å². The first-order chi connectivity index (χ1) is 18.8. The van der Waals surface area contributed by atoms with E-state index in [1.807, 2.05) is 6.92 Å². The van der Waals surface area contributed by atoms with Crippen molar-refractivity contribution in [3.8, 4) is 0 Å². The van der Waals surface area contributed by atoms with Crippen LogP contribution in [0.4, 0.5) is 0 Å². The summed E-state index contributed by atoms with van der Waals surface area (Å²) in [4.78, 5) is 77.5. The van der Waals surface area contributed by atoms with Crippen LogP contribution in [0.1, 0.15) is 81.1 Å². The molecule has 4 rings (SSSR count). The van der Waals surface area contributed by atoms with Gasteiger partial charge in [0.1, 0.15) is 23.7 Å². The van der Waals surface area contributed by atoms with Gasteiger partial charge in [-0.05, 0) is 30.6 Å². The molecule has 11 nitrogen and oxygen atoms in total. The molecule has 2 bridgehead atoms. The first-order valence-electron chi connectivity index (χ1n) is 14.0. The second-order valence-corrected chi connectivity index (χ2v) is 12.9. The van der Waals surface area contributed by atoms with Gasteiger partial charge in [-0.25, -0.2) is 0 Å². The third-order valence-corrected chi connectivity index (χ3v) is 10.1. The zero-order valence-electron chi connectivity index (χ0n) is 25.0. The topological polar surface area (TPSA) is 149 Å². The van der Waals surface area contributed by atoms with Gasteiger partial charge < -0.3 is 23.7 Å². The van der Waals surface area contributed by atoms with Crippen molar-refractivity contribution in [3.63, 3.8) is 0 Å². The molecule has 1 spiro atoms. The van der Waals surface area contributed by atoms with Crippen LogP contribution in [0, 0.1) is 28.1 Å². The molecule has 11 heteroatoms. The molecule has 0 radical (unpaired) electrons. The second kappa shape index (κ2) is 9.94. The Morgan fingerprint density at radius 2 is 1.32 bits per heavy atom. The van der Waals surface area contributed by atoms with Crippen LogP contribution in [-0.2, 0) is 52.5 Å². The summed E-state index contributed by atoms with van der Waals surface area (Å²) in [5.74, 6) is -5.25. The van der Waals surface area contributed by atoms with Crippen molar-refractivity contribution >= 4 is 35.6 Å². The molecule has 0 N–H and O–H groups in total. The fourth-order valence-electron chi connectivity index (χ4n) is 9.09. The monoisotopic (exact) mass is 576 g/mol. The molecule has 0 saturated heterocycles. The van der Waals surface area contributed by atoms with E-state index in [4.69, 9.17) is 23.7 Å². The lowest BCUT2D eigenvalue weighted by Gasteiger charge is -2.68. The number of ether oxygens (including phenoxy) is 5. The van der Waals surface area contributed by atoms with E-state index < -0.39 is 82.4 Å². The van der Waals surface area contributed by atoms with Gasteiger partial charge in [0.05, 0.1) is 0 Å². The van der Waals surface area contributed by atoms with E-state index in [9.17, 15) is 28.8 Å². The van der Waals surface area contributed by atoms with Gasteiger partial charge in [0.25, 0.3) is 0 Å². The lowest BCUT2D eigenvalue weighted by molar-refractivity contribution is -0.299. The molecular weight excluding hydrogens is 536 g/mol. The maximum absolute atomic E-state index is 14.7. The van der Waals surface area contributed by atoms with E-state index in [0.717, 1.165) is 13.8 Å². The van der Waals surface area contributed by atoms with E-state index in [1.165, 1.54) is 20.8 Å². The number of Topliss-reactive ketones (excluding diaryl/α,β-unsaturated/α-hetero) is 1. The van der Waals surface area contributed by atoms with E-state index in [-0.39, 0.29) is 29.7 Å². The first-order valence-corrected chi connectivity index (χ1v) is 14.0. The quantitative estimate of drug-likeness (QED) is 0.270. The molecule has 4 fully saturated rings. The SMILES string of the molecule is C=C1C(=O)[C@]23[C@@H](OC(C)=O)[C@@]1(OC(C)=O)C[C@H](OC(C)=O)[C@H]2[C@@]1(C)[C@H](C[C@H]3OC(C)=O)C(C)(C)CC[C@H]1OC(C)=O. The average Bonchev–Trinajstić information content (AvgIpc) is 2.91. The fourth-order valence-corrected chi connectivity index (χ4v) is 9.09. The zero-order valence-corrected chi connectivity index (χ0v) is 25.0. The minimum atomic E-state index is -1.88. The Morgan fingerprint density at radius 3 is 1.83 bits per heavy atom. The van der Waals surface area contributed by atoms with Crippen molar-refractivity contribution in [2.45, 2.75) is 111 Å². The number of rotatable bonds is 5. The van der Waals surface area contributed by atoms with Crippen molar-refractivity contribution in [1.82, 2.24) is 0 Å². The first kappa shape index (κ1) is 30.7. The number of carbonyl (C=O) groups is 6. The van der Waals surface area contributed by atoms with Gasteiger partial charge >= 0.3 is 29.8 Å². The Morgan fingerprint density at radius 1 is 0.780 bits per heavy atom. The van der Waals surface area contributed by atoms with Gasteiger partial charge in [0.15, 0.2) is 17.5 Å². The molecule has 226 valence electrons. The van der Waals surface area contributed by atoms with Crippen LogP contribution in [0.3, 0.4) is 0 Å². The lowest BCUT2D eigenvalue weighted by atomic mass is 9.38. The third kappa shape index (κ3) is 4.37. The van der Waals surface area contributed by atoms with Gasteiger partial charge in [-0.1, -0.05) is 27.4 Å². The Labute approximate surface area is 239 Å². The number of fused-ring (bicyclic) bond motifs is 3. The fraction of sp³-hybridized carbons (Fsp3) is 0.733. The van der Waals surface area contributed by atoms with Crippen LogP contribution in [0.25, 0.3) is 0 Å². The van der Waals surface area contributed by atoms with E-state index in [2.05, 4.69) is 20.4 Å². The van der Waals surface area contributed by atoms with Gasteiger partial charge in [0, 0.05) is 57.9 Å². The summed E-state index contributed by atoms with van der Waals surface area (Å²) in [6.45, 7) is 16.1.